The molecule has 1 aliphatic heterocycles. The zero-order valence-electron chi connectivity index (χ0n) is 12.5. The molecule has 1 aromatic carbocycles. The number of carbonyl (C=O) groups is 1. The molecule has 1 aromatic rings. The Labute approximate surface area is 136 Å². The van der Waals surface area contributed by atoms with Crippen LogP contribution in [0.3, 0.4) is 0 Å². The second-order valence-electron chi connectivity index (χ2n) is 5.56. The second kappa shape index (κ2) is 9.74. The zero-order chi connectivity index (χ0) is 15.1. The lowest BCUT2D eigenvalue weighted by molar-refractivity contribution is -0.121. The Morgan fingerprint density at radius 3 is 2.91 bits per heavy atom. The number of amides is 1. The molecule has 1 atom stereocenters. The first-order chi connectivity index (χ1) is 10.2. The van der Waals surface area contributed by atoms with Crippen molar-refractivity contribution in [2.24, 2.45) is 5.92 Å². The quantitative estimate of drug-likeness (QED) is 0.841. The minimum absolute atomic E-state index is 0. The van der Waals surface area contributed by atoms with E-state index in [4.69, 9.17) is 0 Å². The van der Waals surface area contributed by atoms with Crippen LogP contribution in [0.15, 0.2) is 18.2 Å². The summed E-state index contributed by atoms with van der Waals surface area (Å²) in [6.07, 6.45) is 3.77. The summed E-state index contributed by atoms with van der Waals surface area (Å²) in [6, 6.07) is 4.05. The fraction of sp³-hybridized carbons (Fsp3) is 0.562. The Morgan fingerprint density at radius 2 is 2.18 bits per heavy atom. The number of benzene rings is 1. The molecular weight excluding hydrogens is 310 g/mol. The summed E-state index contributed by atoms with van der Waals surface area (Å²) in [6.45, 7) is 2.75. The predicted octanol–water partition coefficient (Wildman–Crippen LogP) is 2.83. The number of carbonyl (C=O) groups excluding carboxylic acids is 1. The number of hydrogen-bond donors (Lipinski definition) is 2. The first-order valence-corrected chi connectivity index (χ1v) is 7.57. The summed E-state index contributed by atoms with van der Waals surface area (Å²) < 4.78 is 26.5. The van der Waals surface area contributed by atoms with Crippen LogP contribution in [0.2, 0.25) is 0 Å². The van der Waals surface area contributed by atoms with Gasteiger partial charge >= 0.3 is 0 Å². The minimum atomic E-state index is -0.863. The van der Waals surface area contributed by atoms with Crippen molar-refractivity contribution in [3.63, 3.8) is 0 Å². The number of hydrogen-bond acceptors (Lipinski definition) is 2. The molecule has 1 fully saturated rings. The number of rotatable bonds is 6. The van der Waals surface area contributed by atoms with Crippen LogP contribution >= 0.6 is 12.4 Å². The van der Waals surface area contributed by atoms with E-state index in [0.29, 0.717) is 12.5 Å². The van der Waals surface area contributed by atoms with Crippen molar-refractivity contribution in [2.75, 3.05) is 19.6 Å². The fourth-order valence-corrected chi connectivity index (χ4v) is 2.66. The average molecular weight is 333 g/mol. The van der Waals surface area contributed by atoms with E-state index < -0.39 is 11.6 Å². The van der Waals surface area contributed by atoms with E-state index in [2.05, 4.69) is 10.6 Å². The maximum Gasteiger partial charge on any atom is 0.220 e. The molecule has 2 N–H and O–H groups in total. The molecule has 1 heterocycles. The van der Waals surface area contributed by atoms with Crippen LogP contribution in [-0.2, 0) is 11.2 Å². The average Bonchev–Trinajstić information content (AvgIpc) is 2.50. The van der Waals surface area contributed by atoms with Gasteiger partial charge < -0.3 is 10.6 Å². The molecule has 22 heavy (non-hydrogen) atoms. The maximum atomic E-state index is 13.4. The Kier molecular flexibility index (Phi) is 8.35. The standard InChI is InChI=1S/C16H22F2N2O.ClH/c17-14-5-1-4-13(16(14)18)6-7-15(21)20-10-8-12-3-2-9-19-11-12;/h1,4-5,12,19H,2-3,6-11H2,(H,20,21);1H. The lowest BCUT2D eigenvalue weighted by Gasteiger charge is -2.22. The molecule has 0 spiro atoms. The minimum Gasteiger partial charge on any atom is -0.356 e. The first kappa shape index (κ1) is 18.8. The summed E-state index contributed by atoms with van der Waals surface area (Å²) in [5.74, 6) is -1.20. The summed E-state index contributed by atoms with van der Waals surface area (Å²) in [7, 11) is 0. The highest BCUT2D eigenvalue weighted by Crippen LogP contribution is 2.14. The molecule has 1 aliphatic rings. The predicted molar refractivity (Wildman–Crippen MR) is 85.1 cm³/mol. The summed E-state index contributed by atoms with van der Waals surface area (Å²) in [5, 5.41) is 6.19. The van der Waals surface area contributed by atoms with E-state index in [-0.39, 0.29) is 36.7 Å². The maximum absolute atomic E-state index is 13.4. The SMILES string of the molecule is Cl.O=C(CCc1cccc(F)c1F)NCCC1CCCNC1. The van der Waals surface area contributed by atoms with Gasteiger partial charge in [-0.25, -0.2) is 8.78 Å². The molecular formula is C16H23ClF2N2O. The second-order valence-corrected chi connectivity index (χ2v) is 5.56. The van der Waals surface area contributed by atoms with Gasteiger partial charge in [0, 0.05) is 13.0 Å². The first-order valence-electron chi connectivity index (χ1n) is 7.57. The molecule has 0 bridgehead atoms. The number of piperidine rings is 1. The lowest BCUT2D eigenvalue weighted by Crippen LogP contribution is -2.33. The molecule has 124 valence electrons. The Hall–Kier alpha value is -1.20. The van der Waals surface area contributed by atoms with E-state index in [1.165, 1.54) is 25.0 Å². The topological polar surface area (TPSA) is 41.1 Å². The van der Waals surface area contributed by atoms with Crippen LogP contribution in [0.4, 0.5) is 8.78 Å². The van der Waals surface area contributed by atoms with E-state index in [1.54, 1.807) is 0 Å². The molecule has 1 amide bonds. The van der Waals surface area contributed by atoms with Gasteiger partial charge in [0.25, 0.3) is 0 Å². The van der Waals surface area contributed by atoms with E-state index in [1.807, 2.05) is 0 Å². The Balaban J connectivity index is 0.00000242. The number of aryl methyl sites for hydroxylation is 1. The van der Waals surface area contributed by atoms with Crippen LogP contribution in [0, 0.1) is 17.6 Å². The largest absolute Gasteiger partial charge is 0.356 e. The van der Waals surface area contributed by atoms with Crippen molar-refractivity contribution < 1.29 is 13.6 Å². The van der Waals surface area contributed by atoms with Gasteiger partial charge in [-0.2, -0.15) is 0 Å². The molecule has 0 aromatic heterocycles. The number of halogens is 3. The molecule has 3 nitrogen and oxygen atoms in total. The third-order valence-corrected chi connectivity index (χ3v) is 3.93. The van der Waals surface area contributed by atoms with Gasteiger partial charge in [0.1, 0.15) is 0 Å². The van der Waals surface area contributed by atoms with Crippen LogP contribution in [0.25, 0.3) is 0 Å². The summed E-state index contributed by atoms with van der Waals surface area (Å²) in [5.41, 5.74) is 0.252. The highest BCUT2D eigenvalue weighted by atomic mass is 35.5. The molecule has 6 heteroatoms. The van der Waals surface area contributed by atoms with Gasteiger partial charge in [0.2, 0.25) is 5.91 Å². The molecule has 0 aliphatic carbocycles. The van der Waals surface area contributed by atoms with Crippen LogP contribution in [0.5, 0.6) is 0 Å². The molecule has 0 radical (unpaired) electrons. The summed E-state index contributed by atoms with van der Waals surface area (Å²) in [4.78, 5) is 11.7. The monoisotopic (exact) mass is 332 g/mol. The molecule has 1 unspecified atom stereocenters. The van der Waals surface area contributed by atoms with Crippen molar-refractivity contribution in [2.45, 2.75) is 32.1 Å². The van der Waals surface area contributed by atoms with E-state index >= 15 is 0 Å². The van der Waals surface area contributed by atoms with Crippen LogP contribution in [0.1, 0.15) is 31.2 Å². The van der Waals surface area contributed by atoms with Crippen molar-refractivity contribution in [1.82, 2.24) is 10.6 Å². The highest BCUT2D eigenvalue weighted by molar-refractivity contribution is 5.85. The third-order valence-electron chi connectivity index (χ3n) is 3.93. The van der Waals surface area contributed by atoms with Crippen LogP contribution in [-0.4, -0.2) is 25.5 Å². The smallest absolute Gasteiger partial charge is 0.220 e. The third kappa shape index (κ3) is 5.89. The lowest BCUT2D eigenvalue weighted by atomic mass is 9.96. The zero-order valence-corrected chi connectivity index (χ0v) is 13.4. The van der Waals surface area contributed by atoms with Crippen molar-refractivity contribution in [3.8, 4) is 0 Å². The van der Waals surface area contributed by atoms with Crippen LogP contribution < -0.4 is 10.6 Å². The van der Waals surface area contributed by atoms with Crippen molar-refractivity contribution >= 4 is 18.3 Å². The Bertz CT molecular complexity index is 479. The van der Waals surface area contributed by atoms with Gasteiger partial charge in [0.15, 0.2) is 11.6 Å². The van der Waals surface area contributed by atoms with E-state index in [0.717, 1.165) is 25.6 Å². The Morgan fingerprint density at radius 1 is 1.36 bits per heavy atom. The van der Waals surface area contributed by atoms with Gasteiger partial charge in [-0.15, -0.1) is 12.4 Å². The van der Waals surface area contributed by atoms with Gasteiger partial charge in [-0.3, -0.25) is 4.79 Å². The normalized spacial score (nSPS) is 17.6. The van der Waals surface area contributed by atoms with Gasteiger partial charge in [-0.05, 0) is 56.3 Å². The fourth-order valence-electron chi connectivity index (χ4n) is 2.66. The number of nitrogens with one attached hydrogen (secondary N) is 2. The molecule has 1 saturated heterocycles. The van der Waals surface area contributed by atoms with Gasteiger partial charge in [-0.1, -0.05) is 12.1 Å². The molecule has 0 saturated carbocycles. The van der Waals surface area contributed by atoms with Crippen molar-refractivity contribution in [3.05, 3.63) is 35.4 Å². The summed E-state index contributed by atoms with van der Waals surface area (Å²) >= 11 is 0. The van der Waals surface area contributed by atoms with Crippen molar-refractivity contribution in [1.29, 1.82) is 0 Å². The van der Waals surface area contributed by atoms with Gasteiger partial charge in [0.05, 0.1) is 0 Å². The molecule has 2 rings (SSSR count). The highest BCUT2D eigenvalue weighted by Gasteiger charge is 2.13. The van der Waals surface area contributed by atoms with E-state index in [9.17, 15) is 13.6 Å².